The highest BCUT2D eigenvalue weighted by Crippen LogP contribution is 2.45. The van der Waals surface area contributed by atoms with Crippen molar-refractivity contribution < 1.29 is 111 Å². The fraction of sp³-hybridized carbons (Fsp3) is 0.562. The Labute approximate surface area is 630 Å². The average Bonchev–Trinajstić information content (AvgIpc) is 0.803. The van der Waals surface area contributed by atoms with Crippen molar-refractivity contribution in [3.8, 4) is 11.8 Å². The number of unbranched alkanes of at least 4 members (excludes halogenated alkanes) is 3. The van der Waals surface area contributed by atoms with E-state index in [9.17, 15) is 82.3 Å². The Morgan fingerprint density at radius 1 is 0.481 bits per heavy atom. The number of amides is 8. The highest BCUT2D eigenvalue weighted by molar-refractivity contribution is 14.1. The molecule has 0 radical (unpaired) electrons. The first kappa shape index (κ1) is 90.0. The van der Waals surface area contributed by atoms with Gasteiger partial charge in [0, 0.05) is 91.7 Å². The van der Waals surface area contributed by atoms with Crippen molar-refractivity contribution in [3.63, 3.8) is 0 Å². The van der Waals surface area contributed by atoms with Crippen LogP contribution in [0.4, 0.5) is 5.69 Å². The van der Waals surface area contributed by atoms with E-state index in [0.29, 0.717) is 63.7 Å². The molecule has 1 heterocycles. The van der Waals surface area contributed by atoms with Gasteiger partial charge in [-0.25, -0.2) is 9.59 Å². The summed E-state index contributed by atoms with van der Waals surface area (Å²) in [6, 6.07) is 18.6. The Hall–Kier alpha value is -8.42. The van der Waals surface area contributed by atoms with E-state index < -0.39 is 104 Å². The minimum Gasteiger partial charge on any atom is -0.481 e. The molecule has 31 nitrogen and oxygen atoms in total. The number of halogens is 1. The summed E-state index contributed by atoms with van der Waals surface area (Å²) in [4.78, 5) is 162. The molecule has 5 unspecified atom stereocenters. The van der Waals surface area contributed by atoms with Gasteiger partial charge in [-0.2, -0.15) is 0 Å². The third kappa shape index (κ3) is 39.8. The SMILES string of the molecule is C[C@H](CCCOP(=O)(O)CC(CCC(=O)O)C(=O)O)NC(=O)CCC(NC(=O)CCCCCNC(=O)CCC(NC(=O)CCOCCOCCOCCOCCNC(=O)CCC(=O)N1Cc2ccccc2C#Cc2ccccc21)C(=O)NC(CCCCNC(=O)CCCc1ccc(I)cc1)C(=O)O)C(=O)O. The van der Waals surface area contributed by atoms with Crippen LogP contribution in [0.25, 0.3) is 0 Å². The first-order valence-corrected chi connectivity index (χ1v) is 38.5. The normalized spacial score (nSPS) is 13.5. The lowest BCUT2D eigenvalue weighted by Gasteiger charge is -2.26. The Bertz CT molecular complexity index is 3450. The summed E-state index contributed by atoms with van der Waals surface area (Å²) >= 11 is 2.22. The molecule has 0 saturated heterocycles. The second kappa shape index (κ2) is 51.7. The van der Waals surface area contributed by atoms with Gasteiger partial charge in [-0.3, -0.25) is 52.5 Å². The van der Waals surface area contributed by atoms with Crippen LogP contribution in [0.1, 0.15) is 158 Å². The standard InChI is InChI=1S/C73H102IN8O23P/c1-51(13-12-40-105-106(99,100)50-56(71(93)94)26-35-69(90)91)78-66(87)32-30-60(73(97)98)80-65(86)20-3-2-9-37-76-63(84)31-29-58(70(92)81-59(72(95)96)18-8-10-38-75-62(83)21-11-14-52-22-27-57(74)28-23-52)79-67(88)36-41-101-43-45-103-47-48-104-46-44-102-42-39-77-64(85)33-34-68(89)82-49-55-17-5-4-15-53(55)24-25-54-16-6-7-19-61(54)82/h4-7,15-17,19,22-23,27-28,51,56,58-60H,2-3,8-14,18,20-21,26,29-50H2,1H3,(H,75,83)(H,76,84)(H,77,85)(H,78,87)(H,79,88)(H,80,86)(H,81,92)(H,90,91)(H,93,94)(H,95,96)(H,97,98)(H,99,100)/t51-,56?,58?,59?,60?/m1/s1. The van der Waals surface area contributed by atoms with E-state index in [1.807, 2.05) is 72.8 Å². The lowest BCUT2D eigenvalue weighted by Crippen LogP contribution is -2.52. The predicted molar refractivity (Wildman–Crippen MR) is 396 cm³/mol. The van der Waals surface area contributed by atoms with E-state index in [0.717, 1.165) is 32.2 Å². The molecule has 1 aliphatic rings. The first-order chi connectivity index (χ1) is 50.8. The summed E-state index contributed by atoms with van der Waals surface area (Å²) < 4.78 is 40.8. The van der Waals surface area contributed by atoms with Crippen molar-refractivity contribution in [1.82, 2.24) is 37.2 Å². The summed E-state index contributed by atoms with van der Waals surface area (Å²) in [5.41, 5.74) is 4.32. The molecule has 33 heteroatoms. The van der Waals surface area contributed by atoms with Crippen LogP contribution in [0.5, 0.6) is 0 Å². The molecule has 3 aromatic carbocycles. The second-order valence-corrected chi connectivity index (χ2v) is 28.4. The minimum atomic E-state index is -4.37. The molecular formula is C73H102IN8O23P. The second-order valence-electron chi connectivity index (χ2n) is 25.2. The summed E-state index contributed by atoms with van der Waals surface area (Å²) in [7, 11) is -4.37. The van der Waals surface area contributed by atoms with Crippen LogP contribution < -0.4 is 42.1 Å². The van der Waals surface area contributed by atoms with Crippen molar-refractivity contribution in [2.75, 3.05) is 90.2 Å². The van der Waals surface area contributed by atoms with Crippen molar-refractivity contribution >= 4 is 107 Å². The molecule has 12 N–H and O–H groups in total. The van der Waals surface area contributed by atoms with Crippen LogP contribution in [0.15, 0.2) is 72.8 Å². The number of ether oxygens (including phenoxy) is 4. The van der Waals surface area contributed by atoms with Crippen molar-refractivity contribution in [2.24, 2.45) is 5.92 Å². The maximum atomic E-state index is 13.7. The molecule has 3 aromatic rings. The number of rotatable bonds is 57. The summed E-state index contributed by atoms with van der Waals surface area (Å²) in [5.74, 6) is -4.07. The van der Waals surface area contributed by atoms with Gasteiger partial charge < -0.3 is 90.9 Å². The molecule has 0 bridgehead atoms. The van der Waals surface area contributed by atoms with Crippen LogP contribution in [-0.2, 0) is 98.5 Å². The van der Waals surface area contributed by atoms with E-state index in [1.54, 1.807) is 11.8 Å². The number of aryl methyl sites for hydroxylation is 1. The maximum absolute atomic E-state index is 13.7. The largest absolute Gasteiger partial charge is 0.481 e. The van der Waals surface area contributed by atoms with Gasteiger partial charge in [0.15, 0.2) is 0 Å². The molecule has 6 atom stereocenters. The van der Waals surface area contributed by atoms with E-state index >= 15 is 0 Å². The number of nitrogens with one attached hydrogen (secondary N) is 7. The smallest absolute Gasteiger partial charge is 0.328 e. The molecule has 1 aliphatic heterocycles. The fourth-order valence-electron chi connectivity index (χ4n) is 10.7. The van der Waals surface area contributed by atoms with E-state index in [4.69, 9.17) is 28.6 Å². The molecule has 0 spiro atoms. The number of hydrogen-bond acceptors (Lipinski definition) is 18. The average molecular weight is 1620 g/mol. The maximum Gasteiger partial charge on any atom is 0.328 e. The van der Waals surface area contributed by atoms with Crippen molar-refractivity contribution in [2.45, 2.75) is 172 Å². The van der Waals surface area contributed by atoms with Gasteiger partial charge in [0.2, 0.25) is 47.3 Å². The molecule has 0 aromatic heterocycles. The fourth-order valence-corrected chi connectivity index (χ4v) is 12.5. The molecule has 584 valence electrons. The highest BCUT2D eigenvalue weighted by Gasteiger charge is 2.32. The molecule has 106 heavy (non-hydrogen) atoms. The van der Waals surface area contributed by atoms with Gasteiger partial charge in [-0.05, 0) is 148 Å². The number of nitrogens with zero attached hydrogens (tertiary/aromatic N) is 1. The number of aliphatic carboxylic acids is 4. The zero-order chi connectivity index (χ0) is 77.5. The van der Waals surface area contributed by atoms with Crippen LogP contribution in [-0.4, -0.2) is 206 Å². The Kier molecular flexibility index (Phi) is 43.9. The zero-order valence-electron chi connectivity index (χ0n) is 59.9. The highest BCUT2D eigenvalue weighted by atomic mass is 127. The van der Waals surface area contributed by atoms with Gasteiger partial charge in [0.25, 0.3) is 0 Å². The van der Waals surface area contributed by atoms with Gasteiger partial charge in [0.05, 0.1) is 83.8 Å². The van der Waals surface area contributed by atoms with Crippen LogP contribution in [0.3, 0.4) is 0 Å². The topological polar surface area (TPSA) is 457 Å². The molecular weight excluding hydrogens is 1510 g/mol. The molecule has 0 fully saturated rings. The quantitative estimate of drug-likeness (QED) is 0.0151. The monoisotopic (exact) mass is 1620 g/mol. The minimum absolute atomic E-state index is 0.00430. The molecule has 8 amide bonds. The van der Waals surface area contributed by atoms with Crippen LogP contribution in [0, 0.1) is 21.3 Å². The van der Waals surface area contributed by atoms with Crippen LogP contribution in [0.2, 0.25) is 0 Å². The lowest BCUT2D eigenvalue weighted by atomic mass is 10.0. The lowest BCUT2D eigenvalue weighted by molar-refractivity contribution is -0.143. The zero-order valence-corrected chi connectivity index (χ0v) is 63.0. The number of carboxylic acids is 4. The Morgan fingerprint density at radius 2 is 1.02 bits per heavy atom. The van der Waals surface area contributed by atoms with E-state index in [-0.39, 0.29) is 167 Å². The van der Waals surface area contributed by atoms with E-state index in [2.05, 4.69) is 71.6 Å². The number of anilines is 1. The number of carboxylic acid groups (broad SMARTS) is 4. The third-order valence-electron chi connectivity index (χ3n) is 16.5. The Morgan fingerprint density at radius 3 is 1.69 bits per heavy atom. The number of benzene rings is 3. The Balaban J connectivity index is 1.11. The number of para-hydroxylation sites is 1. The molecule has 4 rings (SSSR count). The summed E-state index contributed by atoms with van der Waals surface area (Å²) in [6.07, 6.45) is 1.21. The molecule has 0 saturated carbocycles. The van der Waals surface area contributed by atoms with Crippen LogP contribution >= 0.6 is 30.2 Å². The number of fused-ring (bicyclic) bond motifs is 2. The first-order valence-electron chi connectivity index (χ1n) is 35.7. The number of carbonyl (C=O) groups is 12. The summed E-state index contributed by atoms with van der Waals surface area (Å²) in [5, 5.41) is 56.4. The van der Waals surface area contributed by atoms with Crippen molar-refractivity contribution in [3.05, 3.63) is 98.6 Å². The third-order valence-corrected chi connectivity index (χ3v) is 18.7. The number of hydrogen-bond donors (Lipinski definition) is 12. The molecule has 0 aliphatic carbocycles. The van der Waals surface area contributed by atoms with Gasteiger partial charge in [0.1, 0.15) is 18.1 Å². The number of carbonyl (C=O) groups excluding carboxylic acids is 8. The van der Waals surface area contributed by atoms with Gasteiger partial charge >= 0.3 is 31.5 Å². The summed E-state index contributed by atoms with van der Waals surface area (Å²) in [6.45, 7) is 3.87. The van der Waals surface area contributed by atoms with Gasteiger partial charge in [-0.15, -0.1) is 0 Å². The van der Waals surface area contributed by atoms with E-state index in [1.165, 1.54) is 0 Å². The van der Waals surface area contributed by atoms with Gasteiger partial charge in [-0.1, -0.05) is 60.7 Å². The predicted octanol–water partition coefficient (Wildman–Crippen LogP) is 5.11. The van der Waals surface area contributed by atoms with Crippen molar-refractivity contribution in [1.29, 1.82) is 0 Å².